The lowest BCUT2D eigenvalue weighted by atomic mass is 10.1. The predicted octanol–water partition coefficient (Wildman–Crippen LogP) is 2.23. The fourth-order valence-corrected chi connectivity index (χ4v) is 1.74. The van der Waals surface area contributed by atoms with Crippen LogP contribution in [0.25, 0.3) is 0 Å². The molecule has 1 heterocycles. The van der Waals surface area contributed by atoms with Gasteiger partial charge in [-0.2, -0.15) is 0 Å². The summed E-state index contributed by atoms with van der Waals surface area (Å²) < 4.78 is 5.32. The van der Waals surface area contributed by atoms with E-state index >= 15 is 0 Å². The third kappa shape index (κ3) is 4.06. The van der Waals surface area contributed by atoms with Gasteiger partial charge in [0.2, 0.25) is 0 Å². The highest BCUT2D eigenvalue weighted by molar-refractivity contribution is 4.98. The Hall–Kier alpha value is -0.800. The second-order valence-corrected chi connectivity index (χ2v) is 4.03. The van der Waals surface area contributed by atoms with E-state index in [1.165, 1.54) is 19.3 Å². The molecule has 0 fully saturated rings. The molecule has 2 N–H and O–H groups in total. The molecule has 1 atom stereocenters. The van der Waals surface area contributed by atoms with E-state index in [0.29, 0.717) is 6.04 Å². The Balaban J connectivity index is 2.39. The van der Waals surface area contributed by atoms with Crippen LogP contribution < -0.4 is 5.73 Å². The first kappa shape index (κ1) is 12.3. The minimum atomic E-state index is 0.468. The van der Waals surface area contributed by atoms with Crippen molar-refractivity contribution in [2.45, 2.75) is 38.8 Å². The van der Waals surface area contributed by atoms with Crippen molar-refractivity contribution in [2.24, 2.45) is 5.73 Å². The first-order valence-electron chi connectivity index (χ1n) is 5.70. The molecule has 0 radical (unpaired) electrons. The van der Waals surface area contributed by atoms with E-state index < -0.39 is 0 Å². The maximum absolute atomic E-state index is 5.77. The van der Waals surface area contributed by atoms with Crippen molar-refractivity contribution in [1.29, 1.82) is 0 Å². The van der Waals surface area contributed by atoms with Crippen LogP contribution in [0.3, 0.4) is 0 Å². The summed E-state index contributed by atoms with van der Waals surface area (Å²) in [6.45, 7) is 3.77. The van der Waals surface area contributed by atoms with Crippen molar-refractivity contribution >= 4 is 0 Å². The van der Waals surface area contributed by atoms with E-state index in [-0.39, 0.29) is 0 Å². The third-order valence-corrected chi connectivity index (χ3v) is 2.77. The lowest BCUT2D eigenvalue weighted by Crippen LogP contribution is -2.37. The number of hydrogen-bond acceptors (Lipinski definition) is 3. The summed E-state index contributed by atoms with van der Waals surface area (Å²) in [4.78, 5) is 2.27. The smallest absolute Gasteiger partial charge is 0.117 e. The molecule has 0 bridgehead atoms. The molecule has 0 saturated heterocycles. The standard InChI is InChI=1S/C12H22N2O/c1-3-4-6-11(9-13)14(2)10-12-7-5-8-15-12/h5,7-8,11H,3-4,6,9-10,13H2,1-2H3. The number of rotatable bonds is 7. The highest BCUT2D eigenvalue weighted by atomic mass is 16.3. The Kier molecular flexibility index (Phi) is 5.43. The van der Waals surface area contributed by atoms with Gasteiger partial charge < -0.3 is 10.2 Å². The molecule has 0 spiro atoms. The summed E-state index contributed by atoms with van der Waals surface area (Å²) in [7, 11) is 2.11. The van der Waals surface area contributed by atoms with Crippen molar-refractivity contribution in [3.63, 3.8) is 0 Å². The van der Waals surface area contributed by atoms with Crippen LogP contribution in [-0.2, 0) is 6.54 Å². The molecule has 1 unspecified atom stereocenters. The van der Waals surface area contributed by atoms with Gasteiger partial charge in [0.25, 0.3) is 0 Å². The summed E-state index contributed by atoms with van der Waals surface area (Å²) in [5.74, 6) is 1.01. The number of hydrogen-bond donors (Lipinski definition) is 1. The van der Waals surface area contributed by atoms with E-state index in [1.54, 1.807) is 6.26 Å². The van der Waals surface area contributed by atoms with Crippen LogP contribution in [0, 0.1) is 0 Å². The molecule has 0 aliphatic rings. The molecule has 0 amide bonds. The third-order valence-electron chi connectivity index (χ3n) is 2.77. The molecule has 0 aromatic carbocycles. The first-order valence-corrected chi connectivity index (χ1v) is 5.70. The van der Waals surface area contributed by atoms with Gasteiger partial charge >= 0.3 is 0 Å². The summed E-state index contributed by atoms with van der Waals surface area (Å²) in [6, 6.07) is 4.39. The first-order chi connectivity index (χ1) is 7.27. The van der Waals surface area contributed by atoms with Gasteiger partial charge in [0.05, 0.1) is 12.8 Å². The number of nitrogens with zero attached hydrogens (tertiary/aromatic N) is 1. The van der Waals surface area contributed by atoms with Crippen LogP contribution in [0.2, 0.25) is 0 Å². The average molecular weight is 210 g/mol. The van der Waals surface area contributed by atoms with Crippen molar-refractivity contribution < 1.29 is 4.42 Å². The summed E-state index contributed by atoms with van der Waals surface area (Å²) in [6.07, 6.45) is 5.35. The zero-order chi connectivity index (χ0) is 11.1. The molecule has 3 heteroatoms. The normalized spacial score (nSPS) is 13.3. The van der Waals surface area contributed by atoms with Crippen LogP contribution in [0.1, 0.15) is 31.9 Å². The van der Waals surface area contributed by atoms with Crippen LogP contribution >= 0.6 is 0 Å². The number of unbranched alkanes of at least 4 members (excludes halogenated alkanes) is 1. The van der Waals surface area contributed by atoms with E-state index in [4.69, 9.17) is 10.2 Å². The minimum absolute atomic E-state index is 0.468. The second kappa shape index (κ2) is 6.64. The summed E-state index contributed by atoms with van der Waals surface area (Å²) >= 11 is 0. The molecule has 1 aromatic heterocycles. The number of likely N-dealkylation sites (N-methyl/N-ethyl adjacent to an activating group) is 1. The zero-order valence-electron chi connectivity index (χ0n) is 9.78. The molecular formula is C12H22N2O. The van der Waals surface area contributed by atoms with Gasteiger partial charge in [-0.3, -0.25) is 4.90 Å². The van der Waals surface area contributed by atoms with Crippen molar-refractivity contribution in [3.05, 3.63) is 24.2 Å². The van der Waals surface area contributed by atoms with Gasteiger partial charge in [0.1, 0.15) is 5.76 Å². The Morgan fingerprint density at radius 1 is 1.53 bits per heavy atom. The van der Waals surface area contributed by atoms with Gasteiger partial charge in [0.15, 0.2) is 0 Å². The van der Waals surface area contributed by atoms with Crippen LogP contribution in [0.15, 0.2) is 22.8 Å². The van der Waals surface area contributed by atoms with Crippen LogP contribution in [-0.4, -0.2) is 24.5 Å². The fraction of sp³-hybridized carbons (Fsp3) is 0.667. The lowest BCUT2D eigenvalue weighted by Gasteiger charge is -2.25. The van der Waals surface area contributed by atoms with Crippen molar-refractivity contribution in [3.8, 4) is 0 Å². The minimum Gasteiger partial charge on any atom is -0.468 e. The largest absolute Gasteiger partial charge is 0.468 e. The molecular weight excluding hydrogens is 188 g/mol. The predicted molar refractivity (Wildman–Crippen MR) is 62.5 cm³/mol. The maximum atomic E-state index is 5.77. The molecule has 15 heavy (non-hydrogen) atoms. The Labute approximate surface area is 92.2 Å². The molecule has 1 aromatic rings. The number of furan rings is 1. The van der Waals surface area contributed by atoms with Crippen molar-refractivity contribution in [1.82, 2.24) is 4.90 Å². The summed E-state index contributed by atoms with van der Waals surface area (Å²) in [5, 5.41) is 0. The van der Waals surface area contributed by atoms with Gasteiger partial charge in [0, 0.05) is 12.6 Å². The van der Waals surface area contributed by atoms with E-state index in [0.717, 1.165) is 18.8 Å². The molecule has 0 aliphatic heterocycles. The van der Waals surface area contributed by atoms with Crippen LogP contribution in [0.5, 0.6) is 0 Å². The quantitative estimate of drug-likeness (QED) is 0.750. The Morgan fingerprint density at radius 3 is 2.87 bits per heavy atom. The van der Waals surface area contributed by atoms with E-state index in [2.05, 4.69) is 18.9 Å². The van der Waals surface area contributed by atoms with Gasteiger partial charge in [-0.05, 0) is 25.6 Å². The number of nitrogens with two attached hydrogens (primary N) is 1. The molecule has 1 rings (SSSR count). The monoisotopic (exact) mass is 210 g/mol. The molecule has 86 valence electrons. The lowest BCUT2D eigenvalue weighted by molar-refractivity contribution is 0.208. The molecule has 3 nitrogen and oxygen atoms in total. The Bertz CT molecular complexity index is 246. The van der Waals surface area contributed by atoms with Crippen molar-refractivity contribution in [2.75, 3.05) is 13.6 Å². The second-order valence-electron chi connectivity index (χ2n) is 4.03. The average Bonchev–Trinajstić information content (AvgIpc) is 2.71. The topological polar surface area (TPSA) is 42.4 Å². The van der Waals surface area contributed by atoms with Gasteiger partial charge in [-0.15, -0.1) is 0 Å². The van der Waals surface area contributed by atoms with E-state index in [1.807, 2.05) is 12.1 Å². The van der Waals surface area contributed by atoms with E-state index in [9.17, 15) is 0 Å². The highest BCUT2D eigenvalue weighted by Gasteiger charge is 2.13. The maximum Gasteiger partial charge on any atom is 0.117 e. The molecule has 0 saturated carbocycles. The van der Waals surface area contributed by atoms with Crippen LogP contribution in [0.4, 0.5) is 0 Å². The summed E-state index contributed by atoms with van der Waals surface area (Å²) in [5.41, 5.74) is 5.77. The SMILES string of the molecule is CCCCC(CN)N(C)Cc1ccco1. The molecule has 0 aliphatic carbocycles. The Morgan fingerprint density at radius 2 is 2.33 bits per heavy atom. The van der Waals surface area contributed by atoms with Gasteiger partial charge in [-0.1, -0.05) is 19.8 Å². The fourth-order valence-electron chi connectivity index (χ4n) is 1.74. The highest BCUT2D eigenvalue weighted by Crippen LogP contribution is 2.10. The van der Waals surface area contributed by atoms with Gasteiger partial charge in [-0.25, -0.2) is 0 Å². The zero-order valence-corrected chi connectivity index (χ0v) is 9.78.